The van der Waals surface area contributed by atoms with Gasteiger partial charge in [-0.05, 0) is 18.9 Å². The molecule has 3 nitrogen and oxygen atoms in total. The molecule has 0 atom stereocenters. The van der Waals surface area contributed by atoms with Crippen LogP contribution in [0.3, 0.4) is 0 Å². The summed E-state index contributed by atoms with van der Waals surface area (Å²) in [6.07, 6.45) is 1.93. The Morgan fingerprint density at radius 1 is 1.12 bits per heavy atom. The van der Waals surface area contributed by atoms with Crippen LogP contribution in [0, 0.1) is 6.92 Å². The number of imidazole rings is 1. The topological polar surface area (TPSA) is 30.2 Å². The summed E-state index contributed by atoms with van der Waals surface area (Å²) in [5.41, 5.74) is 2.30. The maximum Gasteiger partial charge on any atom is 0.117 e. The highest BCUT2D eigenvalue weighted by molar-refractivity contribution is 5.48. The van der Waals surface area contributed by atoms with Gasteiger partial charge in [-0.15, -0.1) is 0 Å². The monoisotopic (exact) mass is 217 g/mol. The molecule has 86 valence electrons. The Morgan fingerprint density at radius 2 is 1.81 bits per heavy atom. The van der Waals surface area contributed by atoms with Gasteiger partial charge in [-0.25, -0.2) is 9.97 Å². The molecule has 0 radical (unpaired) electrons. The molecule has 2 aromatic heterocycles. The van der Waals surface area contributed by atoms with Gasteiger partial charge in [0.25, 0.3) is 0 Å². The quantitative estimate of drug-likeness (QED) is 0.772. The van der Waals surface area contributed by atoms with Gasteiger partial charge in [0.1, 0.15) is 11.6 Å². The zero-order chi connectivity index (χ0) is 11.9. The highest BCUT2D eigenvalue weighted by atomic mass is 15.1. The van der Waals surface area contributed by atoms with Crippen LogP contribution in [-0.2, 0) is 0 Å². The molecule has 0 bridgehead atoms. The summed E-state index contributed by atoms with van der Waals surface area (Å²) in [4.78, 5) is 9.12. The van der Waals surface area contributed by atoms with Gasteiger partial charge in [0, 0.05) is 11.6 Å². The van der Waals surface area contributed by atoms with Crippen molar-refractivity contribution in [1.29, 1.82) is 0 Å². The molecule has 2 rings (SSSR count). The highest BCUT2D eigenvalue weighted by Gasteiger charge is 2.13. The van der Waals surface area contributed by atoms with Crippen molar-refractivity contribution in [3.8, 4) is 0 Å². The predicted octanol–water partition coefficient (Wildman–Crippen LogP) is 3.28. The van der Waals surface area contributed by atoms with E-state index in [1.807, 2.05) is 13.1 Å². The first kappa shape index (κ1) is 11.1. The molecule has 0 saturated heterocycles. The second-order valence-corrected chi connectivity index (χ2v) is 4.91. The highest BCUT2D eigenvalue weighted by Crippen LogP contribution is 2.21. The molecule has 0 spiro atoms. The smallest absolute Gasteiger partial charge is 0.117 e. The van der Waals surface area contributed by atoms with Gasteiger partial charge in [-0.2, -0.15) is 0 Å². The van der Waals surface area contributed by atoms with Crippen LogP contribution in [0.15, 0.2) is 12.3 Å². The van der Waals surface area contributed by atoms with Crippen LogP contribution in [0.5, 0.6) is 0 Å². The molecular formula is C13H19N3. The Hall–Kier alpha value is -1.38. The number of aryl methyl sites for hydroxylation is 1. The van der Waals surface area contributed by atoms with Crippen molar-refractivity contribution in [2.24, 2.45) is 0 Å². The van der Waals surface area contributed by atoms with Crippen LogP contribution in [0.4, 0.5) is 0 Å². The molecule has 2 heterocycles. The van der Waals surface area contributed by atoms with Crippen LogP contribution < -0.4 is 0 Å². The summed E-state index contributed by atoms with van der Waals surface area (Å²) < 4.78 is 2.15. The van der Waals surface area contributed by atoms with E-state index in [0.717, 1.165) is 22.9 Å². The summed E-state index contributed by atoms with van der Waals surface area (Å²) >= 11 is 0. The predicted molar refractivity (Wildman–Crippen MR) is 65.9 cm³/mol. The average Bonchev–Trinajstić information content (AvgIpc) is 2.59. The molecule has 0 amide bonds. The molecule has 0 unspecified atom stereocenters. The number of fused-ring (bicyclic) bond motifs is 1. The van der Waals surface area contributed by atoms with Gasteiger partial charge < -0.3 is 0 Å². The first-order valence-electron chi connectivity index (χ1n) is 5.85. The third-order valence-corrected chi connectivity index (χ3v) is 2.84. The van der Waals surface area contributed by atoms with Gasteiger partial charge in [-0.1, -0.05) is 27.7 Å². The van der Waals surface area contributed by atoms with E-state index in [1.54, 1.807) is 0 Å². The molecule has 0 aliphatic rings. The second kappa shape index (κ2) is 3.89. The first-order chi connectivity index (χ1) is 7.50. The first-order valence-corrected chi connectivity index (χ1v) is 5.85. The Morgan fingerprint density at radius 3 is 2.38 bits per heavy atom. The SMILES string of the molecule is Cc1ncc2cc(C(C)C)nc(C(C)C)n12. The number of rotatable bonds is 2. The van der Waals surface area contributed by atoms with E-state index in [4.69, 9.17) is 4.98 Å². The molecule has 0 fully saturated rings. The lowest BCUT2D eigenvalue weighted by molar-refractivity contribution is 0.708. The lowest BCUT2D eigenvalue weighted by Crippen LogP contribution is -2.07. The maximum absolute atomic E-state index is 4.76. The molecular weight excluding hydrogens is 198 g/mol. The minimum absolute atomic E-state index is 0.411. The van der Waals surface area contributed by atoms with Gasteiger partial charge in [0.2, 0.25) is 0 Å². The molecule has 0 aliphatic carbocycles. The van der Waals surface area contributed by atoms with Crippen molar-refractivity contribution in [2.45, 2.75) is 46.5 Å². The standard InChI is InChI=1S/C13H19N3/c1-8(2)12-6-11-7-14-10(5)16(11)13(15-12)9(3)4/h6-9H,1-5H3. The minimum atomic E-state index is 0.411. The van der Waals surface area contributed by atoms with E-state index in [1.165, 1.54) is 0 Å². The van der Waals surface area contributed by atoms with Crippen molar-refractivity contribution >= 4 is 5.52 Å². The van der Waals surface area contributed by atoms with Crippen LogP contribution in [0.25, 0.3) is 5.52 Å². The molecule has 0 aliphatic heterocycles. The van der Waals surface area contributed by atoms with Crippen LogP contribution >= 0.6 is 0 Å². The summed E-state index contributed by atoms with van der Waals surface area (Å²) in [6, 6.07) is 2.14. The Labute approximate surface area is 96.5 Å². The van der Waals surface area contributed by atoms with E-state index in [9.17, 15) is 0 Å². The van der Waals surface area contributed by atoms with Gasteiger partial charge in [0.05, 0.1) is 11.7 Å². The number of hydrogen-bond donors (Lipinski definition) is 0. The molecule has 2 aromatic rings. The summed E-state index contributed by atoms with van der Waals surface area (Å²) in [6.45, 7) is 10.7. The Bertz CT molecular complexity index is 509. The van der Waals surface area contributed by atoms with Crippen molar-refractivity contribution < 1.29 is 0 Å². The second-order valence-electron chi connectivity index (χ2n) is 4.91. The molecule has 0 aromatic carbocycles. The van der Waals surface area contributed by atoms with Crippen LogP contribution in [-0.4, -0.2) is 14.4 Å². The fraction of sp³-hybridized carbons (Fsp3) is 0.538. The third-order valence-electron chi connectivity index (χ3n) is 2.84. The van der Waals surface area contributed by atoms with Gasteiger partial charge in [0.15, 0.2) is 0 Å². The zero-order valence-corrected chi connectivity index (χ0v) is 10.7. The molecule has 16 heavy (non-hydrogen) atoms. The number of hydrogen-bond acceptors (Lipinski definition) is 2. The van der Waals surface area contributed by atoms with E-state index in [-0.39, 0.29) is 0 Å². The maximum atomic E-state index is 4.76. The average molecular weight is 217 g/mol. The lowest BCUT2D eigenvalue weighted by Gasteiger charge is -2.13. The fourth-order valence-corrected chi connectivity index (χ4v) is 1.91. The molecule has 0 N–H and O–H groups in total. The zero-order valence-electron chi connectivity index (χ0n) is 10.7. The van der Waals surface area contributed by atoms with E-state index < -0.39 is 0 Å². The van der Waals surface area contributed by atoms with Crippen LogP contribution in [0.2, 0.25) is 0 Å². The fourth-order valence-electron chi connectivity index (χ4n) is 1.91. The van der Waals surface area contributed by atoms with Crippen molar-refractivity contribution in [3.63, 3.8) is 0 Å². The Kier molecular flexibility index (Phi) is 2.70. The normalized spacial score (nSPS) is 11.9. The number of nitrogens with zero attached hydrogens (tertiary/aromatic N) is 3. The Balaban J connectivity index is 2.76. The molecule has 0 saturated carbocycles. The van der Waals surface area contributed by atoms with Gasteiger partial charge in [-0.3, -0.25) is 4.40 Å². The van der Waals surface area contributed by atoms with Crippen LogP contribution in [0.1, 0.15) is 56.9 Å². The summed E-state index contributed by atoms with van der Waals surface area (Å²) in [7, 11) is 0. The van der Waals surface area contributed by atoms with Gasteiger partial charge >= 0.3 is 0 Å². The lowest BCUT2D eigenvalue weighted by atomic mass is 10.1. The largest absolute Gasteiger partial charge is 0.284 e. The van der Waals surface area contributed by atoms with Crippen molar-refractivity contribution in [1.82, 2.24) is 14.4 Å². The van der Waals surface area contributed by atoms with E-state index in [0.29, 0.717) is 11.8 Å². The van der Waals surface area contributed by atoms with E-state index in [2.05, 4.69) is 43.1 Å². The van der Waals surface area contributed by atoms with Crippen molar-refractivity contribution in [3.05, 3.63) is 29.6 Å². The summed E-state index contributed by atoms with van der Waals surface area (Å²) in [5.74, 6) is 2.99. The minimum Gasteiger partial charge on any atom is -0.284 e. The third kappa shape index (κ3) is 1.70. The summed E-state index contributed by atoms with van der Waals surface area (Å²) in [5, 5.41) is 0. The molecule has 3 heteroatoms. The van der Waals surface area contributed by atoms with Crippen molar-refractivity contribution in [2.75, 3.05) is 0 Å². The number of aromatic nitrogens is 3. The van der Waals surface area contributed by atoms with E-state index >= 15 is 0 Å².